The van der Waals surface area contributed by atoms with Crippen molar-refractivity contribution in [3.63, 3.8) is 0 Å². The highest BCUT2D eigenvalue weighted by molar-refractivity contribution is 5.93. The molecule has 2 aromatic rings. The number of carbonyl (C=O) groups excluding carboxylic acids is 1. The topological polar surface area (TPSA) is 59.0 Å². The molecule has 2 heterocycles. The van der Waals surface area contributed by atoms with Gasteiger partial charge in [-0.25, -0.2) is 9.37 Å². The molecule has 2 N–H and O–H groups in total. The van der Waals surface area contributed by atoms with Gasteiger partial charge in [-0.15, -0.1) is 24.8 Å². The van der Waals surface area contributed by atoms with Crippen LogP contribution in [0.1, 0.15) is 23.3 Å². The Hall–Kier alpha value is -1.63. The van der Waals surface area contributed by atoms with Gasteiger partial charge in [-0.05, 0) is 43.7 Å². The predicted octanol–water partition coefficient (Wildman–Crippen LogP) is 2.34. The average molecular weight is 361 g/mol. The molecular weight excluding hydrogens is 342 g/mol. The number of benzene rings is 1. The second-order valence-corrected chi connectivity index (χ2v) is 5.14. The number of nitrogens with one attached hydrogen (secondary N) is 2. The molecule has 1 atom stereocenters. The Kier molecular flexibility index (Phi) is 7.48. The van der Waals surface area contributed by atoms with E-state index in [2.05, 4.69) is 15.6 Å². The van der Waals surface area contributed by atoms with Crippen LogP contribution in [0.3, 0.4) is 0 Å². The molecule has 0 saturated carbocycles. The van der Waals surface area contributed by atoms with Crippen molar-refractivity contribution < 1.29 is 9.18 Å². The molecule has 126 valence electrons. The van der Waals surface area contributed by atoms with Crippen molar-refractivity contribution in [2.24, 2.45) is 0 Å². The van der Waals surface area contributed by atoms with Crippen LogP contribution >= 0.6 is 24.8 Å². The van der Waals surface area contributed by atoms with E-state index < -0.39 is 0 Å². The molecule has 1 amide bonds. The lowest BCUT2D eigenvalue weighted by Crippen LogP contribution is -2.45. The molecule has 23 heavy (non-hydrogen) atoms. The summed E-state index contributed by atoms with van der Waals surface area (Å²) in [7, 11) is 0. The number of piperidine rings is 1. The first kappa shape index (κ1) is 19.4. The Bertz CT molecular complexity index is 627. The maximum atomic E-state index is 13.0. The van der Waals surface area contributed by atoms with Crippen molar-refractivity contribution in [3.8, 4) is 5.69 Å². The molecule has 0 radical (unpaired) electrons. The van der Waals surface area contributed by atoms with Crippen LogP contribution < -0.4 is 10.6 Å². The fourth-order valence-corrected chi connectivity index (χ4v) is 2.50. The monoisotopic (exact) mass is 360 g/mol. The lowest BCUT2D eigenvalue weighted by atomic mass is 10.1. The second-order valence-electron chi connectivity index (χ2n) is 5.14. The Morgan fingerprint density at radius 3 is 2.70 bits per heavy atom. The third-order valence-electron chi connectivity index (χ3n) is 3.61. The zero-order valence-corrected chi connectivity index (χ0v) is 14.0. The molecule has 3 rings (SSSR count). The van der Waals surface area contributed by atoms with Crippen LogP contribution in [-0.4, -0.2) is 34.6 Å². The number of nitrogens with zero attached hydrogens (tertiary/aromatic N) is 2. The summed E-state index contributed by atoms with van der Waals surface area (Å²) in [6, 6.07) is 6.11. The third-order valence-corrected chi connectivity index (χ3v) is 3.61. The number of hydrogen-bond acceptors (Lipinski definition) is 3. The minimum Gasteiger partial charge on any atom is -0.347 e. The number of halogens is 3. The van der Waals surface area contributed by atoms with E-state index in [1.807, 2.05) is 0 Å². The van der Waals surface area contributed by atoms with Gasteiger partial charge in [-0.3, -0.25) is 9.36 Å². The van der Waals surface area contributed by atoms with Crippen molar-refractivity contribution in [2.45, 2.75) is 18.9 Å². The largest absolute Gasteiger partial charge is 0.347 e. The fraction of sp³-hybridized carbons (Fsp3) is 0.333. The zero-order chi connectivity index (χ0) is 14.7. The number of hydrogen-bond donors (Lipinski definition) is 2. The highest BCUT2D eigenvalue weighted by Crippen LogP contribution is 2.13. The van der Waals surface area contributed by atoms with E-state index >= 15 is 0 Å². The summed E-state index contributed by atoms with van der Waals surface area (Å²) in [4.78, 5) is 16.4. The molecule has 1 aliphatic heterocycles. The maximum absolute atomic E-state index is 13.0. The van der Waals surface area contributed by atoms with Crippen LogP contribution in [-0.2, 0) is 0 Å². The predicted molar refractivity (Wildman–Crippen MR) is 91.4 cm³/mol. The van der Waals surface area contributed by atoms with Crippen molar-refractivity contribution in [3.05, 3.63) is 48.3 Å². The SMILES string of the molecule is Cl.Cl.O=C(N[C@H]1CCCNC1)c1cncn1-c1ccc(F)cc1. The molecule has 0 spiro atoms. The van der Waals surface area contributed by atoms with Crippen LogP contribution in [0, 0.1) is 5.82 Å². The summed E-state index contributed by atoms with van der Waals surface area (Å²) in [6.45, 7) is 1.79. The van der Waals surface area contributed by atoms with Gasteiger partial charge in [0.25, 0.3) is 5.91 Å². The summed E-state index contributed by atoms with van der Waals surface area (Å²) < 4.78 is 14.6. The van der Waals surface area contributed by atoms with Gasteiger partial charge in [-0.2, -0.15) is 0 Å². The summed E-state index contributed by atoms with van der Waals surface area (Å²) in [6.07, 6.45) is 5.11. The van der Waals surface area contributed by atoms with Crippen molar-refractivity contribution in [2.75, 3.05) is 13.1 Å². The molecule has 0 unspecified atom stereocenters. The van der Waals surface area contributed by atoms with Crippen LogP contribution in [0.25, 0.3) is 5.69 Å². The van der Waals surface area contributed by atoms with Crippen LogP contribution in [0.15, 0.2) is 36.8 Å². The smallest absolute Gasteiger partial charge is 0.270 e. The minimum atomic E-state index is -0.307. The number of rotatable bonds is 3. The first-order chi connectivity index (χ1) is 10.2. The lowest BCUT2D eigenvalue weighted by molar-refractivity contribution is 0.0923. The second kappa shape index (κ2) is 8.86. The van der Waals surface area contributed by atoms with E-state index in [1.165, 1.54) is 18.3 Å². The summed E-state index contributed by atoms with van der Waals surface area (Å²) in [5, 5.41) is 6.27. The van der Waals surface area contributed by atoms with E-state index in [1.54, 1.807) is 23.0 Å². The Morgan fingerprint density at radius 2 is 2.04 bits per heavy atom. The maximum Gasteiger partial charge on any atom is 0.270 e. The molecule has 1 aromatic carbocycles. The van der Waals surface area contributed by atoms with Crippen LogP contribution in [0.5, 0.6) is 0 Å². The summed E-state index contributed by atoms with van der Waals surface area (Å²) >= 11 is 0. The van der Waals surface area contributed by atoms with Gasteiger partial charge in [0, 0.05) is 18.3 Å². The van der Waals surface area contributed by atoms with E-state index in [4.69, 9.17) is 0 Å². The molecule has 1 aromatic heterocycles. The van der Waals surface area contributed by atoms with Gasteiger partial charge in [0.1, 0.15) is 11.5 Å². The number of imidazole rings is 1. The number of carbonyl (C=O) groups is 1. The van der Waals surface area contributed by atoms with Gasteiger partial charge in [0.15, 0.2) is 0 Å². The molecule has 1 saturated heterocycles. The Labute approximate surface area is 146 Å². The minimum absolute atomic E-state index is 0. The molecule has 8 heteroatoms. The van der Waals surface area contributed by atoms with Crippen LogP contribution in [0.4, 0.5) is 4.39 Å². The van der Waals surface area contributed by atoms with Gasteiger partial charge in [0.2, 0.25) is 0 Å². The normalized spacial score (nSPS) is 16.8. The highest BCUT2D eigenvalue weighted by atomic mass is 35.5. The highest BCUT2D eigenvalue weighted by Gasteiger charge is 2.19. The van der Waals surface area contributed by atoms with Crippen LogP contribution in [0.2, 0.25) is 0 Å². The fourth-order valence-electron chi connectivity index (χ4n) is 2.50. The molecular formula is C15H19Cl2FN4O. The van der Waals surface area contributed by atoms with E-state index in [0.29, 0.717) is 11.4 Å². The molecule has 5 nitrogen and oxygen atoms in total. The van der Waals surface area contributed by atoms with E-state index in [9.17, 15) is 9.18 Å². The van der Waals surface area contributed by atoms with Crippen molar-refractivity contribution >= 4 is 30.7 Å². The first-order valence-electron chi connectivity index (χ1n) is 7.04. The summed E-state index contributed by atoms with van der Waals surface area (Å²) in [5.41, 5.74) is 1.16. The lowest BCUT2D eigenvalue weighted by Gasteiger charge is -2.23. The quantitative estimate of drug-likeness (QED) is 0.882. The molecule has 0 bridgehead atoms. The standard InChI is InChI=1S/C15H17FN4O.2ClH/c16-11-3-5-13(6-4-11)20-10-18-9-14(20)15(21)19-12-2-1-7-17-8-12;;/h3-6,9-10,12,17H,1-2,7-8H2,(H,19,21);2*1H/t12-;;/m0../s1. The van der Waals surface area contributed by atoms with Gasteiger partial charge >= 0.3 is 0 Å². The molecule has 1 aliphatic rings. The van der Waals surface area contributed by atoms with E-state index in [0.717, 1.165) is 25.9 Å². The molecule has 0 aliphatic carbocycles. The zero-order valence-electron chi connectivity index (χ0n) is 12.4. The van der Waals surface area contributed by atoms with Gasteiger partial charge in [-0.1, -0.05) is 0 Å². The molecule has 1 fully saturated rings. The van der Waals surface area contributed by atoms with Crippen molar-refractivity contribution in [1.82, 2.24) is 20.2 Å². The number of amides is 1. The average Bonchev–Trinajstić information content (AvgIpc) is 2.98. The van der Waals surface area contributed by atoms with Gasteiger partial charge in [0.05, 0.1) is 12.5 Å². The summed E-state index contributed by atoms with van der Waals surface area (Å²) in [5.74, 6) is -0.469. The third kappa shape index (κ3) is 4.67. The Balaban J connectivity index is 0.00000132. The van der Waals surface area contributed by atoms with Gasteiger partial charge < -0.3 is 10.6 Å². The number of aromatic nitrogens is 2. The Morgan fingerprint density at radius 1 is 1.30 bits per heavy atom. The van der Waals surface area contributed by atoms with Crippen molar-refractivity contribution in [1.29, 1.82) is 0 Å². The van der Waals surface area contributed by atoms with E-state index in [-0.39, 0.29) is 42.6 Å². The first-order valence-corrected chi connectivity index (χ1v) is 7.04.